The van der Waals surface area contributed by atoms with Crippen LogP contribution in [-0.2, 0) is 4.74 Å². The number of nitrogens with zero attached hydrogens (tertiary/aromatic N) is 3. The average molecular weight is 247 g/mol. The van der Waals surface area contributed by atoms with E-state index in [1.165, 1.54) is 0 Å². The van der Waals surface area contributed by atoms with Crippen LogP contribution in [-0.4, -0.2) is 27.9 Å². The van der Waals surface area contributed by atoms with Gasteiger partial charge in [-0.1, -0.05) is 0 Å². The van der Waals surface area contributed by atoms with Gasteiger partial charge in [0.15, 0.2) is 0 Å². The molecule has 0 radical (unpaired) electrons. The molecule has 96 valence electrons. The molecule has 1 saturated carbocycles. The van der Waals surface area contributed by atoms with Crippen molar-refractivity contribution in [1.82, 2.24) is 9.55 Å². The molecule has 2 atom stereocenters. The number of ether oxygens (including phenoxy) is 1. The highest BCUT2D eigenvalue weighted by Crippen LogP contribution is 2.43. The number of aromatic nitrogens is 2. The average Bonchev–Trinajstić information content (AvgIpc) is 3.16. The Morgan fingerprint density at radius 1 is 1.61 bits per heavy atom. The van der Waals surface area contributed by atoms with Crippen LogP contribution in [0.2, 0.25) is 0 Å². The first-order chi connectivity index (χ1) is 8.77. The quantitative estimate of drug-likeness (QED) is 0.880. The summed E-state index contributed by atoms with van der Waals surface area (Å²) in [5, 5.41) is 20.0. The second-order valence-electron chi connectivity index (χ2n) is 5.28. The number of hydrogen-bond acceptors (Lipinski definition) is 4. The van der Waals surface area contributed by atoms with Gasteiger partial charge in [0.2, 0.25) is 0 Å². The van der Waals surface area contributed by atoms with Gasteiger partial charge in [0.1, 0.15) is 11.5 Å². The van der Waals surface area contributed by atoms with E-state index in [1.54, 1.807) is 12.5 Å². The summed E-state index contributed by atoms with van der Waals surface area (Å²) in [6.07, 6.45) is 6.38. The van der Waals surface area contributed by atoms with Crippen molar-refractivity contribution in [2.75, 3.05) is 13.2 Å². The van der Waals surface area contributed by atoms with E-state index in [4.69, 9.17) is 4.74 Å². The number of aliphatic hydroxyl groups excluding tert-OH is 1. The van der Waals surface area contributed by atoms with Crippen molar-refractivity contribution >= 4 is 0 Å². The van der Waals surface area contributed by atoms with Crippen LogP contribution in [0.25, 0.3) is 0 Å². The zero-order chi connectivity index (χ0) is 12.6. The smallest absolute Gasteiger partial charge is 0.116 e. The Morgan fingerprint density at radius 2 is 2.44 bits per heavy atom. The van der Waals surface area contributed by atoms with Crippen LogP contribution in [0.5, 0.6) is 0 Å². The molecule has 0 bridgehead atoms. The molecule has 2 fully saturated rings. The predicted octanol–water partition coefficient (Wildman–Crippen LogP) is 1.57. The monoisotopic (exact) mass is 247 g/mol. The molecule has 1 aliphatic carbocycles. The van der Waals surface area contributed by atoms with Gasteiger partial charge >= 0.3 is 0 Å². The Labute approximate surface area is 106 Å². The molecule has 2 heterocycles. The molecule has 1 aromatic heterocycles. The molecule has 2 aliphatic rings. The number of imidazole rings is 1. The fraction of sp³-hybridized carbons (Fsp3) is 0.692. The van der Waals surface area contributed by atoms with Crippen molar-refractivity contribution in [2.45, 2.75) is 37.8 Å². The minimum atomic E-state index is -0.815. The highest BCUT2D eigenvalue weighted by molar-refractivity contribution is 5.17. The second kappa shape index (κ2) is 4.38. The molecule has 1 N–H and O–H groups in total. The van der Waals surface area contributed by atoms with Gasteiger partial charge in [-0.3, -0.25) is 0 Å². The molecular weight excluding hydrogens is 230 g/mol. The summed E-state index contributed by atoms with van der Waals surface area (Å²) in [4.78, 5) is 4.12. The lowest BCUT2D eigenvalue weighted by molar-refractivity contribution is -0.0533. The maximum Gasteiger partial charge on any atom is 0.116 e. The van der Waals surface area contributed by atoms with Gasteiger partial charge in [0, 0.05) is 12.6 Å². The van der Waals surface area contributed by atoms with Crippen LogP contribution >= 0.6 is 0 Å². The fourth-order valence-corrected chi connectivity index (χ4v) is 2.65. The topological polar surface area (TPSA) is 71.1 Å². The summed E-state index contributed by atoms with van der Waals surface area (Å²) in [6, 6.07) is 2.73. The van der Waals surface area contributed by atoms with Crippen molar-refractivity contribution in [3.05, 3.63) is 18.2 Å². The molecular formula is C13H17N3O2. The largest absolute Gasteiger partial charge is 0.385 e. The Morgan fingerprint density at radius 3 is 3.06 bits per heavy atom. The zero-order valence-corrected chi connectivity index (χ0v) is 10.2. The van der Waals surface area contributed by atoms with E-state index in [9.17, 15) is 10.4 Å². The molecule has 0 amide bonds. The summed E-state index contributed by atoms with van der Waals surface area (Å²) in [7, 11) is 0. The van der Waals surface area contributed by atoms with Crippen molar-refractivity contribution in [3.63, 3.8) is 0 Å². The normalized spacial score (nSPS) is 29.8. The molecule has 1 aromatic rings. The Kier molecular flexibility index (Phi) is 2.84. The van der Waals surface area contributed by atoms with E-state index in [0.717, 1.165) is 25.0 Å². The van der Waals surface area contributed by atoms with Crippen molar-refractivity contribution in [3.8, 4) is 6.07 Å². The van der Waals surface area contributed by atoms with E-state index in [1.807, 2.05) is 4.57 Å². The first kappa shape index (κ1) is 11.7. The molecule has 1 saturated heterocycles. The van der Waals surface area contributed by atoms with Gasteiger partial charge < -0.3 is 14.4 Å². The van der Waals surface area contributed by atoms with Crippen LogP contribution in [0.4, 0.5) is 0 Å². The molecule has 0 spiro atoms. The maximum absolute atomic E-state index is 10.6. The summed E-state index contributed by atoms with van der Waals surface area (Å²) < 4.78 is 7.41. The van der Waals surface area contributed by atoms with Crippen LogP contribution < -0.4 is 0 Å². The van der Waals surface area contributed by atoms with Crippen molar-refractivity contribution < 1.29 is 9.84 Å². The number of nitriles is 1. The van der Waals surface area contributed by atoms with E-state index < -0.39 is 11.5 Å². The zero-order valence-electron chi connectivity index (χ0n) is 10.2. The van der Waals surface area contributed by atoms with Crippen molar-refractivity contribution in [1.29, 1.82) is 5.26 Å². The fourth-order valence-electron chi connectivity index (χ4n) is 2.65. The molecule has 1 aliphatic heterocycles. The van der Waals surface area contributed by atoms with Crippen LogP contribution in [0.3, 0.4) is 0 Å². The predicted molar refractivity (Wildman–Crippen MR) is 63.6 cm³/mol. The maximum atomic E-state index is 10.6. The molecule has 3 rings (SSSR count). The second-order valence-corrected chi connectivity index (χ2v) is 5.28. The molecule has 18 heavy (non-hydrogen) atoms. The van der Waals surface area contributed by atoms with Gasteiger partial charge in [0.05, 0.1) is 30.9 Å². The van der Waals surface area contributed by atoms with E-state index in [-0.39, 0.29) is 0 Å². The molecule has 5 nitrogen and oxygen atoms in total. The third kappa shape index (κ3) is 1.82. The minimum Gasteiger partial charge on any atom is -0.385 e. The van der Waals surface area contributed by atoms with E-state index >= 15 is 0 Å². The number of aliphatic hydroxyl groups is 1. The summed E-state index contributed by atoms with van der Waals surface area (Å²) >= 11 is 0. The lowest BCUT2D eigenvalue weighted by Crippen LogP contribution is -2.37. The van der Waals surface area contributed by atoms with Crippen LogP contribution in [0.15, 0.2) is 12.5 Å². The first-order valence-corrected chi connectivity index (χ1v) is 6.46. The van der Waals surface area contributed by atoms with Crippen LogP contribution in [0.1, 0.15) is 43.5 Å². The van der Waals surface area contributed by atoms with Crippen LogP contribution in [0, 0.1) is 16.7 Å². The Bertz CT molecular complexity index is 467. The molecule has 5 heteroatoms. The summed E-state index contributed by atoms with van der Waals surface area (Å²) in [5.74, 6) is 0. The SMILES string of the molecule is N#CC1(C(O)c2cncn2C2CC2)CCCOC1. The van der Waals surface area contributed by atoms with Gasteiger partial charge in [0.25, 0.3) is 0 Å². The van der Waals surface area contributed by atoms with Gasteiger partial charge in [-0.05, 0) is 25.7 Å². The summed E-state index contributed by atoms with van der Waals surface area (Å²) in [6.45, 7) is 0.985. The first-order valence-electron chi connectivity index (χ1n) is 6.46. The number of hydrogen-bond donors (Lipinski definition) is 1. The third-order valence-corrected chi connectivity index (χ3v) is 3.93. The van der Waals surface area contributed by atoms with E-state index in [2.05, 4.69) is 11.1 Å². The van der Waals surface area contributed by atoms with Gasteiger partial charge in [-0.15, -0.1) is 0 Å². The minimum absolute atomic E-state index is 0.306. The molecule has 2 unspecified atom stereocenters. The highest BCUT2D eigenvalue weighted by atomic mass is 16.5. The lowest BCUT2D eigenvalue weighted by Gasteiger charge is -2.34. The standard InChI is InChI=1S/C13H17N3O2/c14-7-13(4-1-5-18-8-13)12(17)11-6-15-9-16(11)10-2-3-10/h6,9-10,12,17H,1-5,8H2. The van der Waals surface area contributed by atoms with Gasteiger partial charge in [-0.2, -0.15) is 5.26 Å². The van der Waals surface area contributed by atoms with Gasteiger partial charge in [-0.25, -0.2) is 4.98 Å². The van der Waals surface area contributed by atoms with Crippen molar-refractivity contribution in [2.24, 2.45) is 5.41 Å². The van der Waals surface area contributed by atoms with E-state index in [0.29, 0.717) is 25.7 Å². The molecule has 0 aromatic carbocycles. The summed E-state index contributed by atoms with van der Waals surface area (Å²) in [5.41, 5.74) is -0.0603. The lowest BCUT2D eigenvalue weighted by atomic mass is 9.77. The Hall–Kier alpha value is -1.38. The third-order valence-electron chi connectivity index (χ3n) is 3.93. The Balaban J connectivity index is 1.90. The number of rotatable bonds is 3. The highest BCUT2D eigenvalue weighted by Gasteiger charge is 2.43.